The van der Waals surface area contributed by atoms with E-state index in [0.717, 1.165) is 31.6 Å². The molecule has 0 bridgehead atoms. The van der Waals surface area contributed by atoms with Gasteiger partial charge in [0.15, 0.2) is 17.7 Å². The molecule has 2 amide bonds. The molecule has 8 N–H and O–H groups in total. The number of nitrogens with zero attached hydrogens (tertiary/aromatic N) is 3. The molecule has 1 fully saturated rings. The molecule has 0 aromatic carbocycles. The highest BCUT2D eigenvalue weighted by atomic mass is 16.5. The summed E-state index contributed by atoms with van der Waals surface area (Å²) in [5, 5.41) is 49.4. The number of hydrogen-bond donors (Lipinski definition) is 8. The van der Waals surface area contributed by atoms with Crippen molar-refractivity contribution in [2.45, 2.75) is 108 Å². The van der Waals surface area contributed by atoms with E-state index < -0.39 is 49.2 Å². The first-order valence-corrected chi connectivity index (χ1v) is 14.5. The molecule has 0 saturated carbocycles. The summed E-state index contributed by atoms with van der Waals surface area (Å²) in [6, 6.07) is -1.27. The van der Waals surface area contributed by atoms with Gasteiger partial charge >= 0.3 is 0 Å². The molecular formula is C27H45N7O7. The van der Waals surface area contributed by atoms with Crippen LogP contribution < -0.4 is 16.0 Å². The molecular weight excluding hydrogens is 534 g/mol. The monoisotopic (exact) mass is 579 g/mol. The number of rotatable bonds is 17. The SMILES string of the molecule is CC(C)CCCCCCCCCC(=O)NCC(=O)NC1C(O)C(O)C(Nc2ncnc3nc[nH]c23)OC1C(O)CO. The lowest BCUT2D eigenvalue weighted by Crippen LogP contribution is -2.68. The van der Waals surface area contributed by atoms with E-state index in [1.54, 1.807) is 0 Å². The molecule has 230 valence electrons. The lowest BCUT2D eigenvalue weighted by Gasteiger charge is -2.44. The fourth-order valence-electron chi connectivity index (χ4n) is 4.88. The Labute approximate surface area is 239 Å². The summed E-state index contributed by atoms with van der Waals surface area (Å²) in [7, 11) is 0. The lowest BCUT2D eigenvalue weighted by molar-refractivity contribution is -0.204. The smallest absolute Gasteiger partial charge is 0.239 e. The van der Waals surface area contributed by atoms with Crippen LogP contribution in [0.2, 0.25) is 0 Å². The number of aliphatic hydroxyl groups is 4. The minimum atomic E-state index is -1.59. The van der Waals surface area contributed by atoms with E-state index in [2.05, 4.69) is 49.7 Å². The minimum absolute atomic E-state index is 0.229. The van der Waals surface area contributed by atoms with Gasteiger partial charge in [0.1, 0.15) is 36.3 Å². The van der Waals surface area contributed by atoms with Crippen LogP contribution in [0.25, 0.3) is 11.2 Å². The highest BCUT2D eigenvalue weighted by Crippen LogP contribution is 2.26. The zero-order valence-electron chi connectivity index (χ0n) is 23.8. The van der Waals surface area contributed by atoms with Crippen molar-refractivity contribution in [1.29, 1.82) is 0 Å². The molecule has 14 heteroatoms. The van der Waals surface area contributed by atoms with Crippen molar-refractivity contribution in [1.82, 2.24) is 30.6 Å². The third kappa shape index (κ3) is 9.85. The van der Waals surface area contributed by atoms with E-state index in [4.69, 9.17) is 4.74 Å². The van der Waals surface area contributed by atoms with Crippen LogP contribution in [0.15, 0.2) is 12.7 Å². The van der Waals surface area contributed by atoms with Gasteiger partial charge < -0.3 is 46.1 Å². The average Bonchev–Trinajstić information content (AvgIpc) is 3.44. The zero-order valence-corrected chi connectivity index (χ0v) is 23.8. The molecule has 6 atom stereocenters. The molecule has 14 nitrogen and oxygen atoms in total. The molecule has 1 saturated heterocycles. The summed E-state index contributed by atoms with van der Waals surface area (Å²) in [5.74, 6) is 0.0737. The van der Waals surface area contributed by atoms with Gasteiger partial charge in [-0.25, -0.2) is 15.0 Å². The molecule has 3 heterocycles. The van der Waals surface area contributed by atoms with Gasteiger partial charge in [-0.05, 0) is 12.3 Å². The second kappa shape index (κ2) is 16.5. The van der Waals surface area contributed by atoms with Crippen LogP contribution in [0, 0.1) is 5.92 Å². The van der Waals surface area contributed by atoms with Crippen molar-refractivity contribution in [3.8, 4) is 0 Å². The van der Waals surface area contributed by atoms with Crippen LogP contribution in [0.5, 0.6) is 0 Å². The van der Waals surface area contributed by atoms with E-state index in [0.29, 0.717) is 17.6 Å². The number of carbonyl (C=O) groups excluding carboxylic acids is 2. The Morgan fingerprint density at radius 2 is 1.71 bits per heavy atom. The number of H-pyrrole nitrogens is 1. The zero-order chi connectivity index (χ0) is 29.8. The second-order valence-corrected chi connectivity index (χ2v) is 11.0. The third-order valence-corrected chi connectivity index (χ3v) is 7.21. The van der Waals surface area contributed by atoms with Crippen LogP contribution in [-0.4, -0.2) is 102 Å². The maximum atomic E-state index is 12.6. The number of aliphatic hydroxyl groups excluding tert-OH is 4. The van der Waals surface area contributed by atoms with E-state index in [-0.39, 0.29) is 18.3 Å². The Bertz CT molecular complexity index is 1090. The van der Waals surface area contributed by atoms with Crippen LogP contribution in [0.3, 0.4) is 0 Å². The first-order chi connectivity index (χ1) is 19.7. The molecule has 0 aliphatic carbocycles. The number of aromatic nitrogens is 4. The molecule has 2 aromatic rings. The number of hydrogen-bond acceptors (Lipinski definition) is 11. The van der Waals surface area contributed by atoms with E-state index in [9.17, 15) is 30.0 Å². The summed E-state index contributed by atoms with van der Waals surface area (Å²) < 4.78 is 5.78. The quantitative estimate of drug-likeness (QED) is 0.120. The van der Waals surface area contributed by atoms with Crippen molar-refractivity contribution in [2.75, 3.05) is 18.5 Å². The molecule has 3 rings (SSSR count). The van der Waals surface area contributed by atoms with E-state index in [1.165, 1.54) is 38.3 Å². The standard InChI is InChI=1S/C27H45N7O7/c1-16(2)10-8-6-4-3-5-7-9-11-18(37)28-12-19(38)33-20-22(39)23(40)27(41-24(20)17(36)13-35)34-26-21-25(30-14-29-21)31-15-32-26/h14-17,20,22-24,27,35-36,39-40H,3-13H2,1-2H3,(H,28,37)(H,33,38)(H2,29,30,31,32,34). The molecule has 6 unspecified atom stereocenters. The van der Waals surface area contributed by atoms with Gasteiger partial charge in [-0.3, -0.25) is 9.59 Å². The fraction of sp³-hybridized carbons (Fsp3) is 0.741. The molecule has 2 aromatic heterocycles. The average molecular weight is 580 g/mol. The van der Waals surface area contributed by atoms with Gasteiger partial charge in [0.05, 0.1) is 25.5 Å². The molecule has 1 aliphatic heterocycles. The second-order valence-electron chi connectivity index (χ2n) is 11.0. The number of unbranched alkanes of at least 4 members (excludes halogenated alkanes) is 6. The van der Waals surface area contributed by atoms with Gasteiger partial charge in [-0.1, -0.05) is 58.8 Å². The number of carbonyl (C=O) groups is 2. The lowest BCUT2D eigenvalue weighted by atomic mass is 9.92. The molecule has 41 heavy (non-hydrogen) atoms. The summed E-state index contributed by atoms with van der Waals surface area (Å²) in [4.78, 5) is 39.8. The Morgan fingerprint density at radius 3 is 2.41 bits per heavy atom. The normalized spacial score (nSPS) is 23.4. The third-order valence-electron chi connectivity index (χ3n) is 7.21. The number of imidazole rings is 1. The summed E-state index contributed by atoms with van der Waals surface area (Å²) in [6.45, 7) is 3.40. The van der Waals surface area contributed by atoms with Gasteiger partial charge in [0.25, 0.3) is 0 Å². The highest BCUT2D eigenvalue weighted by molar-refractivity contribution is 5.85. The van der Waals surface area contributed by atoms with Gasteiger partial charge in [0, 0.05) is 6.42 Å². The molecule has 0 spiro atoms. The van der Waals surface area contributed by atoms with Crippen molar-refractivity contribution >= 4 is 28.8 Å². The molecule has 0 radical (unpaired) electrons. The highest BCUT2D eigenvalue weighted by Gasteiger charge is 2.48. The topological polar surface area (TPSA) is 215 Å². The van der Waals surface area contributed by atoms with Crippen LogP contribution in [0.1, 0.15) is 71.6 Å². The van der Waals surface area contributed by atoms with Crippen LogP contribution in [0.4, 0.5) is 5.82 Å². The number of nitrogens with one attached hydrogen (secondary N) is 4. The largest absolute Gasteiger partial charge is 0.394 e. The Hall–Kier alpha value is -2.91. The maximum Gasteiger partial charge on any atom is 0.239 e. The number of fused-ring (bicyclic) bond motifs is 1. The molecule has 1 aliphatic rings. The predicted molar refractivity (Wildman–Crippen MR) is 150 cm³/mol. The van der Waals surface area contributed by atoms with E-state index >= 15 is 0 Å². The van der Waals surface area contributed by atoms with Crippen molar-refractivity contribution in [2.24, 2.45) is 5.92 Å². The maximum absolute atomic E-state index is 12.6. The minimum Gasteiger partial charge on any atom is -0.394 e. The summed E-state index contributed by atoms with van der Waals surface area (Å²) >= 11 is 0. The number of anilines is 1. The van der Waals surface area contributed by atoms with Gasteiger partial charge in [-0.2, -0.15) is 0 Å². The Kier molecular flexibility index (Phi) is 13.1. The van der Waals surface area contributed by atoms with Gasteiger partial charge in [-0.15, -0.1) is 0 Å². The number of ether oxygens (including phenoxy) is 1. The van der Waals surface area contributed by atoms with Crippen molar-refractivity contribution in [3.63, 3.8) is 0 Å². The Morgan fingerprint density at radius 1 is 1.00 bits per heavy atom. The fourth-order valence-corrected chi connectivity index (χ4v) is 4.88. The first kappa shape index (κ1) is 32.6. The Balaban J connectivity index is 1.43. The number of amides is 2. The van der Waals surface area contributed by atoms with Crippen molar-refractivity contribution in [3.05, 3.63) is 12.7 Å². The van der Waals surface area contributed by atoms with Crippen molar-refractivity contribution < 1.29 is 34.8 Å². The predicted octanol–water partition coefficient (Wildman–Crippen LogP) is 0.333. The summed E-state index contributed by atoms with van der Waals surface area (Å²) in [6.07, 6.45) is 4.69. The van der Waals surface area contributed by atoms with E-state index in [1.807, 2.05) is 0 Å². The van der Waals surface area contributed by atoms with Gasteiger partial charge in [0.2, 0.25) is 11.8 Å². The van der Waals surface area contributed by atoms with Crippen LogP contribution >= 0.6 is 0 Å². The van der Waals surface area contributed by atoms with Crippen LogP contribution in [-0.2, 0) is 14.3 Å². The summed E-state index contributed by atoms with van der Waals surface area (Å²) in [5.41, 5.74) is 0.792. The number of aromatic amines is 1. The first-order valence-electron chi connectivity index (χ1n) is 14.5.